The molecule has 9 heteroatoms. The van der Waals surface area contributed by atoms with Gasteiger partial charge in [0.1, 0.15) is 5.39 Å². The molecule has 0 aliphatic carbocycles. The molecule has 1 amide bonds. The number of aromatic amines is 1. The molecule has 4 aromatic rings. The fourth-order valence-corrected chi connectivity index (χ4v) is 3.86. The van der Waals surface area contributed by atoms with Crippen LogP contribution in [0.1, 0.15) is 18.5 Å². The van der Waals surface area contributed by atoms with Crippen LogP contribution in [0.25, 0.3) is 16.7 Å². The smallest absolute Gasteiger partial charge is 0.262 e. The van der Waals surface area contributed by atoms with Crippen molar-refractivity contribution in [2.75, 3.05) is 5.75 Å². The van der Waals surface area contributed by atoms with E-state index >= 15 is 0 Å². The van der Waals surface area contributed by atoms with E-state index in [1.54, 1.807) is 22.9 Å². The lowest BCUT2D eigenvalue weighted by Gasteiger charge is -2.13. The summed E-state index contributed by atoms with van der Waals surface area (Å²) in [6.45, 7) is 1.92. The lowest BCUT2D eigenvalue weighted by molar-refractivity contribution is -0.119. The predicted octanol–water partition coefficient (Wildman–Crippen LogP) is 3.73. The zero-order valence-corrected chi connectivity index (χ0v) is 17.6. The number of carbonyl (C=O) groups excluding carboxylic acids is 1. The maximum absolute atomic E-state index is 12.4. The van der Waals surface area contributed by atoms with Gasteiger partial charge in [-0.05, 0) is 30.7 Å². The van der Waals surface area contributed by atoms with Gasteiger partial charge >= 0.3 is 0 Å². The van der Waals surface area contributed by atoms with Crippen LogP contribution < -0.4 is 10.9 Å². The molecule has 0 aliphatic heterocycles. The first-order valence-electron chi connectivity index (χ1n) is 9.22. The third-order valence-electron chi connectivity index (χ3n) is 4.49. The van der Waals surface area contributed by atoms with E-state index < -0.39 is 0 Å². The van der Waals surface area contributed by atoms with Gasteiger partial charge in [0.05, 0.1) is 23.7 Å². The number of rotatable bonds is 6. The molecule has 2 N–H and O–H groups in total. The summed E-state index contributed by atoms with van der Waals surface area (Å²) in [7, 11) is 0. The molecule has 1 unspecified atom stereocenters. The summed E-state index contributed by atoms with van der Waals surface area (Å²) in [6, 6.07) is 16.7. The molecular weight excluding hydrogens is 422 g/mol. The zero-order chi connectivity index (χ0) is 21.1. The molecule has 7 nitrogen and oxygen atoms in total. The lowest BCUT2D eigenvalue weighted by Crippen LogP contribution is -2.28. The van der Waals surface area contributed by atoms with Gasteiger partial charge in [0.25, 0.3) is 5.56 Å². The Morgan fingerprint density at radius 2 is 2.03 bits per heavy atom. The van der Waals surface area contributed by atoms with E-state index in [1.165, 1.54) is 6.20 Å². The Morgan fingerprint density at radius 3 is 2.80 bits per heavy atom. The molecule has 0 spiro atoms. The zero-order valence-electron chi connectivity index (χ0n) is 16.0. The first-order valence-corrected chi connectivity index (χ1v) is 10.6. The average molecular weight is 440 g/mol. The number of nitrogens with one attached hydrogen (secondary N) is 2. The minimum Gasteiger partial charge on any atom is -0.349 e. The second kappa shape index (κ2) is 8.73. The van der Waals surface area contributed by atoms with E-state index in [0.717, 1.165) is 17.3 Å². The van der Waals surface area contributed by atoms with Gasteiger partial charge in [0.15, 0.2) is 10.8 Å². The molecular formula is C21H18ClN5O2S. The maximum Gasteiger partial charge on any atom is 0.262 e. The van der Waals surface area contributed by atoms with Crippen molar-refractivity contribution in [1.29, 1.82) is 0 Å². The Bertz CT molecular complexity index is 1260. The van der Waals surface area contributed by atoms with Crippen molar-refractivity contribution in [3.05, 3.63) is 81.7 Å². The number of thioether (sulfide) groups is 1. The number of nitrogens with zero attached hydrogens (tertiary/aromatic N) is 3. The number of carbonyl (C=O) groups is 1. The topological polar surface area (TPSA) is 92.7 Å². The van der Waals surface area contributed by atoms with E-state index in [0.29, 0.717) is 26.9 Å². The normalized spacial score (nSPS) is 12.1. The molecule has 0 saturated heterocycles. The van der Waals surface area contributed by atoms with Gasteiger partial charge in [-0.15, -0.1) is 0 Å². The number of hydrogen-bond acceptors (Lipinski definition) is 5. The highest BCUT2D eigenvalue weighted by Crippen LogP contribution is 2.20. The van der Waals surface area contributed by atoms with E-state index in [1.807, 2.05) is 43.3 Å². The van der Waals surface area contributed by atoms with Gasteiger partial charge < -0.3 is 10.3 Å². The number of halogens is 1. The highest BCUT2D eigenvalue weighted by molar-refractivity contribution is 7.99. The van der Waals surface area contributed by atoms with Crippen LogP contribution in [0.15, 0.2) is 70.7 Å². The highest BCUT2D eigenvalue weighted by atomic mass is 35.5. The molecule has 0 aliphatic rings. The van der Waals surface area contributed by atoms with Gasteiger partial charge in [-0.1, -0.05) is 59.8 Å². The molecule has 30 heavy (non-hydrogen) atoms. The summed E-state index contributed by atoms with van der Waals surface area (Å²) >= 11 is 7.23. The van der Waals surface area contributed by atoms with Gasteiger partial charge in [0.2, 0.25) is 5.91 Å². The largest absolute Gasteiger partial charge is 0.349 e. The number of amides is 1. The number of fused-ring (bicyclic) bond motifs is 1. The minimum atomic E-state index is -0.311. The summed E-state index contributed by atoms with van der Waals surface area (Å²) in [5, 5.41) is 8.47. The Kier molecular flexibility index (Phi) is 5.87. The van der Waals surface area contributed by atoms with E-state index in [-0.39, 0.29) is 23.3 Å². The molecule has 152 valence electrons. The van der Waals surface area contributed by atoms with Crippen molar-refractivity contribution < 1.29 is 4.79 Å². The summed E-state index contributed by atoms with van der Waals surface area (Å²) in [5.74, 6) is -0.0286. The van der Waals surface area contributed by atoms with E-state index in [9.17, 15) is 9.59 Å². The Balaban J connectivity index is 1.51. The monoisotopic (exact) mass is 439 g/mol. The van der Waals surface area contributed by atoms with Crippen LogP contribution in [0.5, 0.6) is 0 Å². The summed E-state index contributed by atoms with van der Waals surface area (Å²) in [6.07, 6.45) is 1.46. The summed E-state index contributed by atoms with van der Waals surface area (Å²) in [4.78, 5) is 32.0. The maximum atomic E-state index is 12.4. The molecule has 0 radical (unpaired) electrons. The number of H-pyrrole nitrogens is 1. The lowest BCUT2D eigenvalue weighted by atomic mass is 10.1. The highest BCUT2D eigenvalue weighted by Gasteiger charge is 2.14. The summed E-state index contributed by atoms with van der Waals surface area (Å²) < 4.78 is 1.55. The Labute approximate surface area is 181 Å². The number of hydrogen-bond donors (Lipinski definition) is 2. The van der Waals surface area contributed by atoms with Crippen LogP contribution in [0.2, 0.25) is 5.02 Å². The van der Waals surface area contributed by atoms with E-state index in [4.69, 9.17) is 11.6 Å². The van der Waals surface area contributed by atoms with Crippen LogP contribution in [0, 0.1) is 0 Å². The third-order valence-corrected chi connectivity index (χ3v) is 5.59. The fourth-order valence-electron chi connectivity index (χ4n) is 3.01. The molecule has 4 rings (SSSR count). The van der Waals surface area contributed by atoms with Crippen molar-refractivity contribution in [3.8, 4) is 5.69 Å². The van der Waals surface area contributed by atoms with Gasteiger partial charge in [-0.25, -0.2) is 9.67 Å². The number of benzene rings is 2. The Hall–Kier alpha value is -3.10. The molecule has 2 heterocycles. The van der Waals surface area contributed by atoms with Crippen molar-refractivity contribution in [1.82, 2.24) is 25.1 Å². The van der Waals surface area contributed by atoms with Crippen LogP contribution in [-0.4, -0.2) is 31.4 Å². The SMILES string of the molecule is CC(NC(=O)CSc1nc2c(cnn2-c2cccc(Cl)c2)c(=O)[nH]1)c1ccccc1. The quantitative estimate of drug-likeness (QED) is 0.352. The van der Waals surface area contributed by atoms with E-state index in [2.05, 4.69) is 20.4 Å². The number of aromatic nitrogens is 4. The van der Waals surface area contributed by atoms with Gasteiger partial charge in [-0.3, -0.25) is 9.59 Å². The van der Waals surface area contributed by atoms with Crippen LogP contribution in [0.4, 0.5) is 0 Å². The standard InChI is InChI=1S/C21H18ClN5O2S/c1-13(14-6-3-2-4-7-14)24-18(28)12-30-21-25-19-17(20(29)26-21)11-23-27(19)16-9-5-8-15(22)10-16/h2-11,13H,12H2,1H3,(H,24,28)(H,25,26,29). The molecule has 0 bridgehead atoms. The minimum absolute atomic E-state index is 0.113. The van der Waals surface area contributed by atoms with Crippen LogP contribution >= 0.6 is 23.4 Å². The van der Waals surface area contributed by atoms with Crippen molar-refractivity contribution >= 4 is 40.3 Å². The predicted molar refractivity (Wildman–Crippen MR) is 118 cm³/mol. The van der Waals surface area contributed by atoms with Crippen LogP contribution in [-0.2, 0) is 4.79 Å². The first-order chi connectivity index (χ1) is 14.5. The molecule has 0 saturated carbocycles. The molecule has 1 atom stereocenters. The second-order valence-corrected chi connectivity index (χ2v) is 8.03. The van der Waals surface area contributed by atoms with Gasteiger partial charge in [-0.2, -0.15) is 5.10 Å². The van der Waals surface area contributed by atoms with Crippen LogP contribution in [0.3, 0.4) is 0 Å². The van der Waals surface area contributed by atoms with Crippen molar-refractivity contribution in [3.63, 3.8) is 0 Å². The first kappa shape index (κ1) is 20.2. The molecule has 0 fully saturated rings. The molecule has 2 aromatic heterocycles. The fraction of sp³-hybridized carbons (Fsp3) is 0.143. The summed E-state index contributed by atoms with van der Waals surface area (Å²) in [5.41, 5.74) is 1.81. The third kappa shape index (κ3) is 4.39. The van der Waals surface area contributed by atoms with Crippen molar-refractivity contribution in [2.45, 2.75) is 18.1 Å². The second-order valence-electron chi connectivity index (χ2n) is 6.63. The van der Waals surface area contributed by atoms with Gasteiger partial charge in [0, 0.05) is 5.02 Å². The average Bonchev–Trinajstić information content (AvgIpc) is 3.17. The molecule has 2 aromatic carbocycles. The van der Waals surface area contributed by atoms with Crippen molar-refractivity contribution in [2.24, 2.45) is 0 Å². The Morgan fingerprint density at radius 1 is 1.23 bits per heavy atom.